The normalized spacial score (nSPS) is 19.2. The van der Waals surface area contributed by atoms with Gasteiger partial charge in [-0.1, -0.05) is 6.07 Å². The molecule has 0 spiro atoms. The maximum absolute atomic E-state index is 12.3. The zero-order valence-corrected chi connectivity index (χ0v) is 13.4. The zero-order chi connectivity index (χ0) is 15.5. The minimum Gasteiger partial charge on any atom is -0.493 e. The molecule has 0 saturated carbocycles. The Morgan fingerprint density at radius 3 is 2.91 bits per heavy atom. The number of carbonyl (C=O) groups is 1. The Labute approximate surface area is 132 Å². The number of likely N-dealkylation sites (tertiary alicyclic amines) is 1. The number of benzene rings is 1. The van der Waals surface area contributed by atoms with Crippen LogP contribution >= 0.6 is 0 Å². The highest BCUT2D eigenvalue weighted by Crippen LogP contribution is 2.26. The fourth-order valence-electron chi connectivity index (χ4n) is 3.16. The SMILES string of the molecule is CN1CCC(N(C)C(=O)/C=C\c2ccc3c(c2)CCO3)CC1. The Hall–Kier alpha value is -1.81. The molecule has 1 aromatic rings. The van der Waals surface area contributed by atoms with Crippen LogP contribution in [0.25, 0.3) is 6.08 Å². The van der Waals surface area contributed by atoms with Crippen molar-refractivity contribution < 1.29 is 9.53 Å². The van der Waals surface area contributed by atoms with Crippen LogP contribution in [0.15, 0.2) is 24.3 Å². The molecule has 4 heteroatoms. The molecular formula is C18H24N2O2. The first-order chi connectivity index (χ1) is 10.6. The Kier molecular flexibility index (Phi) is 4.48. The van der Waals surface area contributed by atoms with Gasteiger partial charge in [0.15, 0.2) is 0 Å². The lowest BCUT2D eigenvalue weighted by molar-refractivity contribution is -0.127. The summed E-state index contributed by atoms with van der Waals surface area (Å²) < 4.78 is 5.50. The lowest BCUT2D eigenvalue weighted by atomic mass is 10.0. The van der Waals surface area contributed by atoms with Crippen LogP contribution in [0.1, 0.15) is 24.0 Å². The maximum Gasteiger partial charge on any atom is 0.246 e. The summed E-state index contributed by atoms with van der Waals surface area (Å²) in [7, 11) is 4.05. The average molecular weight is 300 g/mol. The third-order valence-corrected chi connectivity index (χ3v) is 4.72. The van der Waals surface area contributed by atoms with Crippen molar-refractivity contribution in [1.82, 2.24) is 9.80 Å². The van der Waals surface area contributed by atoms with Crippen molar-refractivity contribution in [3.63, 3.8) is 0 Å². The van der Waals surface area contributed by atoms with E-state index in [1.165, 1.54) is 5.56 Å². The molecule has 0 aliphatic carbocycles. The summed E-state index contributed by atoms with van der Waals surface area (Å²) in [5.41, 5.74) is 2.30. The molecule has 118 valence electrons. The average Bonchev–Trinajstić information content (AvgIpc) is 3.00. The molecule has 1 amide bonds. The molecule has 0 aromatic heterocycles. The van der Waals surface area contributed by atoms with Gasteiger partial charge in [-0.3, -0.25) is 4.79 Å². The van der Waals surface area contributed by atoms with E-state index < -0.39 is 0 Å². The molecule has 22 heavy (non-hydrogen) atoms. The number of carbonyl (C=O) groups excluding carboxylic acids is 1. The lowest BCUT2D eigenvalue weighted by Crippen LogP contribution is -2.43. The molecule has 4 nitrogen and oxygen atoms in total. The predicted molar refractivity (Wildman–Crippen MR) is 88.0 cm³/mol. The van der Waals surface area contributed by atoms with Crippen molar-refractivity contribution in [2.24, 2.45) is 0 Å². The van der Waals surface area contributed by atoms with E-state index in [0.29, 0.717) is 6.04 Å². The second kappa shape index (κ2) is 6.53. The molecule has 0 radical (unpaired) electrons. The fraction of sp³-hybridized carbons (Fsp3) is 0.500. The van der Waals surface area contributed by atoms with E-state index in [4.69, 9.17) is 4.74 Å². The first kappa shape index (κ1) is 15.1. The van der Waals surface area contributed by atoms with Gasteiger partial charge >= 0.3 is 0 Å². The van der Waals surface area contributed by atoms with Gasteiger partial charge < -0.3 is 14.5 Å². The smallest absolute Gasteiger partial charge is 0.246 e. The topological polar surface area (TPSA) is 32.8 Å². The molecule has 0 bridgehead atoms. The van der Waals surface area contributed by atoms with Crippen LogP contribution in [0.4, 0.5) is 0 Å². The highest BCUT2D eigenvalue weighted by atomic mass is 16.5. The van der Waals surface area contributed by atoms with Crippen LogP contribution in [0.5, 0.6) is 5.75 Å². The number of ether oxygens (including phenoxy) is 1. The van der Waals surface area contributed by atoms with E-state index in [9.17, 15) is 4.79 Å². The minimum absolute atomic E-state index is 0.0892. The van der Waals surface area contributed by atoms with Crippen LogP contribution in [0.3, 0.4) is 0 Å². The minimum atomic E-state index is 0.0892. The first-order valence-electron chi connectivity index (χ1n) is 8.02. The highest BCUT2D eigenvalue weighted by Gasteiger charge is 2.22. The number of hydrogen-bond donors (Lipinski definition) is 0. The van der Waals surface area contributed by atoms with Gasteiger partial charge in [-0.25, -0.2) is 0 Å². The second-order valence-electron chi connectivity index (χ2n) is 6.28. The summed E-state index contributed by atoms with van der Waals surface area (Å²) in [6.07, 6.45) is 6.67. The van der Waals surface area contributed by atoms with Gasteiger partial charge in [-0.2, -0.15) is 0 Å². The molecule has 1 fully saturated rings. The van der Waals surface area contributed by atoms with Gasteiger partial charge in [0, 0.05) is 25.6 Å². The monoisotopic (exact) mass is 300 g/mol. The van der Waals surface area contributed by atoms with Crippen molar-refractivity contribution in [2.45, 2.75) is 25.3 Å². The molecule has 0 atom stereocenters. The molecule has 2 aliphatic rings. The van der Waals surface area contributed by atoms with Gasteiger partial charge in [0.2, 0.25) is 5.91 Å². The van der Waals surface area contributed by atoms with Crippen LogP contribution in [-0.4, -0.2) is 55.5 Å². The van der Waals surface area contributed by atoms with Crippen LogP contribution in [0.2, 0.25) is 0 Å². The first-order valence-corrected chi connectivity index (χ1v) is 8.02. The molecule has 1 aromatic carbocycles. The Morgan fingerprint density at radius 1 is 1.36 bits per heavy atom. The van der Waals surface area contributed by atoms with Crippen molar-refractivity contribution in [1.29, 1.82) is 0 Å². The Morgan fingerprint density at radius 2 is 2.14 bits per heavy atom. The fourth-order valence-corrected chi connectivity index (χ4v) is 3.16. The Balaban J connectivity index is 1.61. The van der Waals surface area contributed by atoms with Crippen molar-refractivity contribution in [3.05, 3.63) is 35.4 Å². The standard InChI is InChI=1S/C18H24N2O2/c1-19-10-7-16(8-11-19)20(2)18(21)6-4-14-3-5-17-15(13-14)9-12-22-17/h3-6,13,16H,7-12H2,1-2H3/b6-4-. The van der Waals surface area contributed by atoms with Crippen molar-refractivity contribution in [2.75, 3.05) is 33.8 Å². The summed E-state index contributed by atoms with van der Waals surface area (Å²) in [6, 6.07) is 6.47. The van der Waals surface area contributed by atoms with Crippen LogP contribution < -0.4 is 4.74 Å². The molecule has 3 rings (SSSR count). The number of nitrogens with zero attached hydrogens (tertiary/aromatic N) is 2. The van der Waals surface area contributed by atoms with Gasteiger partial charge in [0.1, 0.15) is 5.75 Å². The molecule has 0 N–H and O–H groups in total. The number of amides is 1. The third kappa shape index (κ3) is 3.33. The molecular weight excluding hydrogens is 276 g/mol. The maximum atomic E-state index is 12.3. The molecule has 1 saturated heterocycles. The molecule has 0 unspecified atom stereocenters. The summed E-state index contributed by atoms with van der Waals surface area (Å²) in [5, 5.41) is 0. The number of likely N-dealkylation sites (N-methyl/N-ethyl adjacent to an activating group) is 1. The largest absolute Gasteiger partial charge is 0.493 e. The number of fused-ring (bicyclic) bond motifs is 1. The van der Waals surface area contributed by atoms with Gasteiger partial charge in [-0.15, -0.1) is 0 Å². The second-order valence-corrected chi connectivity index (χ2v) is 6.28. The van der Waals surface area contributed by atoms with E-state index in [2.05, 4.69) is 18.0 Å². The zero-order valence-electron chi connectivity index (χ0n) is 13.4. The molecule has 2 heterocycles. The number of rotatable bonds is 3. The number of piperidine rings is 1. The van der Waals surface area contributed by atoms with Gasteiger partial charge in [0.05, 0.1) is 6.61 Å². The predicted octanol–water partition coefficient (Wildman–Crippen LogP) is 2.19. The molecule has 2 aliphatic heterocycles. The van der Waals surface area contributed by atoms with Crippen molar-refractivity contribution >= 4 is 12.0 Å². The quantitative estimate of drug-likeness (QED) is 0.802. The number of hydrogen-bond acceptors (Lipinski definition) is 3. The van der Waals surface area contributed by atoms with Crippen LogP contribution in [-0.2, 0) is 11.2 Å². The van der Waals surface area contributed by atoms with E-state index >= 15 is 0 Å². The van der Waals surface area contributed by atoms with Crippen molar-refractivity contribution in [3.8, 4) is 5.75 Å². The third-order valence-electron chi connectivity index (χ3n) is 4.72. The Bertz CT molecular complexity index is 574. The van der Waals surface area contributed by atoms with Crippen LogP contribution in [0, 0.1) is 0 Å². The van der Waals surface area contributed by atoms with E-state index in [1.807, 2.05) is 30.2 Å². The van der Waals surface area contributed by atoms with E-state index in [1.54, 1.807) is 6.08 Å². The summed E-state index contributed by atoms with van der Waals surface area (Å²) in [5.74, 6) is 1.07. The highest BCUT2D eigenvalue weighted by molar-refractivity contribution is 5.91. The van der Waals surface area contributed by atoms with E-state index in [0.717, 1.165) is 50.3 Å². The van der Waals surface area contributed by atoms with Gasteiger partial charge in [-0.05, 0) is 62.3 Å². The summed E-state index contributed by atoms with van der Waals surface area (Å²) in [6.45, 7) is 2.90. The van der Waals surface area contributed by atoms with E-state index in [-0.39, 0.29) is 5.91 Å². The lowest BCUT2D eigenvalue weighted by Gasteiger charge is -2.34. The van der Waals surface area contributed by atoms with Gasteiger partial charge in [0.25, 0.3) is 0 Å². The summed E-state index contributed by atoms with van der Waals surface area (Å²) >= 11 is 0. The summed E-state index contributed by atoms with van der Waals surface area (Å²) in [4.78, 5) is 16.5.